The molecule has 0 saturated heterocycles. The number of amides is 1. The second kappa shape index (κ2) is 4.76. The van der Waals surface area contributed by atoms with Crippen molar-refractivity contribution in [3.63, 3.8) is 0 Å². The Balaban J connectivity index is 2.22. The summed E-state index contributed by atoms with van der Waals surface area (Å²) in [6, 6.07) is 3.70. The molecule has 18 heavy (non-hydrogen) atoms. The molecule has 1 fully saturated rings. The fourth-order valence-electron chi connectivity index (χ4n) is 1.88. The Hall–Kier alpha value is -1.91. The van der Waals surface area contributed by atoms with E-state index in [1.807, 2.05) is 0 Å². The average Bonchev–Trinajstić information content (AvgIpc) is 3.14. The molecule has 96 valence electrons. The second-order valence-electron chi connectivity index (χ2n) is 4.58. The highest BCUT2D eigenvalue weighted by Crippen LogP contribution is 2.37. The van der Waals surface area contributed by atoms with Crippen molar-refractivity contribution in [1.82, 2.24) is 0 Å². The number of aromatic carboxylic acids is 1. The summed E-state index contributed by atoms with van der Waals surface area (Å²) in [4.78, 5) is 22.8. The minimum absolute atomic E-state index is 0.216. The van der Waals surface area contributed by atoms with E-state index in [0.717, 1.165) is 18.9 Å². The van der Waals surface area contributed by atoms with Crippen molar-refractivity contribution in [1.29, 1.82) is 0 Å². The minimum Gasteiger partial charge on any atom is -0.478 e. The highest BCUT2D eigenvalue weighted by molar-refractivity contribution is 6.01. The van der Waals surface area contributed by atoms with E-state index in [0.29, 0.717) is 5.92 Å². The number of halogens is 1. The van der Waals surface area contributed by atoms with Gasteiger partial charge in [-0.25, -0.2) is 9.18 Å². The van der Waals surface area contributed by atoms with Crippen LogP contribution < -0.4 is 5.32 Å². The van der Waals surface area contributed by atoms with Gasteiger partial charge in [0.15, 0.2) is 0 Å². The molecule has 1 atom stereocenters. The summed E-state index contributed by atoms with van der Waals surface area (Å²) in [5.41, 5.74) is -0.478. The molecule has 1 aliphatic carbocycles. The zero-order valence-electron chi connectivity index (χ0n) is 9.94. The monoisotopic (exact) mass is 251 g/mol. The molecule has 1 aromatic carbocycles. The molecule has 1 amide bonds. The maximum atomic E-state index is 13.6. The van der Waals surface area contributed by atoms with Crippen molar-refractivity contribution in [2.75, 3.05) is 5.32 Å². The number of hydrogen-bond donors (Lipinski definition) is 2. The summed E-state index contributed by atoms with van der Waals surface area (Å²) < 4.78 is 13.6. The Kier molecular flexibility index (Phi) is 3.32. The number of carboxylic acids is 1. The van der Waals surface area contributed by atoms with Crippen LogP contribution in [0, 0.1) is 17.7 Å². The van der Waals surface area contributed by atoms with Crippen LogP contribution in [0.15, 0.2) is 18.2 Å². The Morgan fingerprint density at radius 1 is 1.44 bits per heavy atom. The lowest BCUT2D eigenvalue weighted by Crippen LogP contribution is -2.23. The summed E-state index contributed by atoms with van der Waals surface area (Å²) >= 11 is 0. The first kappa shape index (κ1) is 12.5. The van der Waals surface area contributed by atoms with Crippen molar-refractivity contribution in [3.8, 4) is 0 Å². The zero-order valence-corrected chi connectivity index (χ0v) is 9.94. The lowest BCUT2D eigenvalue weighted by molar-refractivity contribution is -0.119. The summed E-state index contributed by atoms with van der Waals surface area (Å²) in [7, 11) is 0. The summed E-state index contributed by atoms with van der Waals surface area (Å²) in [6.45, 7) is 1.77. The van der Waals surface area contributed by atoms with Gasteiger partial charge in [0.1, 0.15) is 5.82 Å². The fourth-order valence-corrected chi connectivity index (χ4v) is 1.88. The van der Waals surface area contributed by atoms with Gasteiger partial charge in [-0.2, -0.15) is 0 Å². The first-order valence-electron chi connectivity index (χ1n) is 5.83. The molecule has 0 aromatic heterocycles. The van der Waals surface area contributed by atoms with Crippen LogP contribution >= 0.6 is 0 Å². The Morgan fingerprint density at radius 2 is 2.11 bits per heavy atom. The van der Waals surface area contributed by atoms with E-state index >= 15 is 0 Å². The molecule has 0 radical (unpaired) electrons. The van der Waals surface area contributed by atoms with Crippen molar-refractivity contribution in [3.05, 3.63) is 29.6 Å². The van der Waals surface area contributed by atoms with Gasteiger partial charge in [-0.05, 0) is 30.9 Å². The smallest absolute Gasteiger partial charge is 0.337 e. The van der Waals surface area contributed by atoms with E-state index in [4.69, 9.17) is 5.11 Å². The third-order valence-corrected chi connectivity index (χ3v) is 3.23. The van der Waals surface area contributed by atoms with Crippen molar-refractivity contribution in [2.24, 2.45) is 11.8 Å². The molecule has 0 aliphatic heterocycles. The van der Waals surface area contributed by atoms with E-state index < -0.39 is 11.8 Å². The molecule has 2 rings (SSSR count). The molecule has 0 heterocycles. The van der Waals surface area contributed by atoms with Crippen LogP contribution in [0.2, 0.25) is 0 Å². The van der Waals surface area contributed by atoms with E-state index in [1.165, 1.54) is 12.1 Å². The SMILES string of the molecule is CC(C(=O)Nc1c(F)cccc1C(=O)O)C1CC1. The van der Waals surface area contributed by atoms with E-state index in [-0.39, 0.29) is 23.1 Å². The van der Waals surface area contributed by atoms with Gasteiger partial charge < -0.3 is 10.4 Å². The fraction of sp³-hybridized carbons (Fsp3) is 0.385. The number of nitrogens with one attached hydrogen (secondary N) is 1. The summed E-state index contributed by atoms with van der Waals surface area (Å²) in [6.07, 6.45) is 2.00. The Bertz CT molecular complexity index is 497. The molecule has 4 nitrogen and oxygen atoms in total. The molecular weight excluding hydrogens is 237 g/mol. The van der Waals surface area contributed by atoms with Gasteiger partial charge in [0.25, 0.3) is 0 Å². The number of hydrogen-bond acceptors (Lipinski definition) is 2. The third-order valence-electron chi connectivity index (χ3n) is 3.23. The molecule has 1 unspecified atom stereocenters. The largest absolute Gasteiger partial charge is 0.478 e. The maximum absolute atomic E-state index is 13.6. The molecule has 0 bridgehead atoms. The summed E-state index contributed by atoms with van der Waals surface area (Å²) in [5.74, 6) is -2.20. The summed E-state index contributed by atoms with van der Waals surface area (Å²) in [5, 5.41) is 11.3. The van der Waals surface area contributed by atoms with Gasteiger partial charge in [-0.1, -0.05) is 13.0 Å². The van der Waals surface area contributed by atoms with Crippen molar-refractivity contribution in [2.45, 2.75) is 19.8 Å². The van der Waals surface area contributed by atoms with Crippen LogP contribution in [-0.4, -0.2) is 17.0 Å². The molecule has 1 aliphatic rings. The van der Waals surface area contributed by atoms with E-state index in [9.17, 15) is 14.0 Å². The lowest BCUT2D eigenvalue weighted by atomic mass is 10.0. The van der Waals surface area contributed by atoms with Gasteiger partial charge in [-0.15, -0.1) is 0 Å². The molecule has 5 heteroatoms. The predicted octanol–water partition coefficient (Wildman–Crippen LogP) is 2.51. The zero-order chi connectivity index (χ0) is 13.3. The molecular formula is C13H14FNO3. The first-order valence-corrected chi connectivity index (χ1v) is 5.83. The maximum Gasteiger partial charge on any atom is 0.337 e. The van der Waals surface area contributed by atoms with Gasteiger partial charge in [0.2, 0.25) is 5.91 Å². The van der Waals surface area contributed by atoms with Gasteiger partial charge in [0.05, 0.1) is 11.3 Å². The quantitative estimate of drug-likeness (QED) is 0.864. The molecule has 1 saturated carbocycles. The van der Waals surface area contributed by atoms with Crippen LogP contribution in [0.5, 0.6) is 0 Å². The molecule has 1 aromatic rings. The highest BCUT2D eigenvalue weighted by atomic mass is 19.1. The minimum atomic E-state index is -1.26. The number of carboxylic acid groups (broad SMARTS) is 1. The number of carbonyl (C=O) groups is 2. The first-order chi connectivity index (χ1) is 8.50. The number of benzene rings is 1. The number of para-hydroxylation sites is 1. The van der Waals surface area contributed by atoms with Crippen LogP contribution in [0.1, 0.15) is 30.1 Å². The van der Waals surface area contributed by atoms with Crippen molar-refractivity contribution < 1.29 is 19.1 Å². The number of anilines is 1. The molecule has 0 spiro atoms. The highest BCUT2D eigenvalue weighted by Gasteiger charge is 2.33. The topological polar surface area (TPSA) is 66.4 Å². The lowest BCUT2D eigenvalue weighted by Gasteiger charge is -2.13. The Morgan fingerprint density at radius 3 is 2.67 bits per heavy atom. The standard InChI is InChI=1S/C13H14FNO3/c1-7(8-5-6-8)12(16)15-11-9(13(17)18)3-2-4-10(11)14/h2-4,7-8H,5-6H2,1H3,(H,15,16)(H,17,18). The third kappa shape index (κ3) is 2.50. The van der Waals surface area contributed by atoms with Gasteiger partial charge in [-0.3, -0.25) is 4.79 Å². The van der Waals surface area contributed by atoms with Crippen molar-refractivity contribution >= 4 is 17.6 Å². The molecule has 2 N–H and O–H groups in total. The van der Waals surface area contributed by atoms with Crippen LogP contribution in [0.25, 0.3) is 0 Å². The number of carbonyl (C=O) groups excluding carboxylic acids is 1. The second-order valence-corrected chi connectivity index (χ2v) is 4.58. The normalized spacial score (nSPS) is 16.1. The number of rotatable bonds is 4. The Labute approximate surface area is 104 Å². The van der Waals surface area contributed by atoms with E-state index in [1.54, 1.807) is 6.92 Å². The predicted molar refractivity (Wildman–Crippen MR) is 63.9 cm³/mol. The van der Waals surface area contributed by atoms with Gasteiger partial charge >= 0.3 is 5.97 Å². The van der Waals surface area contributed by atoms with Crippen LogP contribution in [0.4, 0.5) is 10.1 Å². The average molecular weight is 251 g/mol. The van der Waals surface area contributed by atoms with E-state index in [2.05, 4.69) is 5.32 Å². The van der Waals surface area contributed by atoms with Crippen LogP contribution in [0.3, 0.4) is 0 Å². The van der Waals surface area contributed by atoms with Crippen LogP contribution in [-0.2, 0) is 4.79 Å². The van der Waals surface area contributed by atoms with Gasteiger partial charge in [0, 0.05) is 5.92 Å².